The molecule has 0 saturated heterocycles. The summed E-state index contributed by atoms with van der Waals surface area (Å²) in [5.74, 6) is -0.547. The summed E-state index contributed by atoms with van der Waals surface area (Å²) >= 11 is 0. The molecule has 0 aromatic carbocycles. The number of carbonyl (C=O) groups excluding carboxylic acids is 3. The number of nitrogens with one attached hydrogen (secondary N) is 3. The quantitative estimate of drug-likeness (QED) is 0.533. The average molecular weight is 340 g/mol. The van der Waals surface area contributed by atoms with E-state index in [1.54, 1.807) is 0 Å². The van der Waals surface area contributed by atoms with Gasteiger partial charge < -0.3 is 21.7 Å². The minimum Gasteiger partial charge on any atom is -0.354 e. The van der Waals surface area contributed by atoms with Gasteiger partial charge in [0, 0.05) is 18.0 Å². The van der Waals surface area contributed by atoms with Crippen LogP contribution in [0.2, 0.25) is 0 Å². The minimum atomic E-state index is -0.614. The fourth-order valence-electron chi connectivity index (χ4n) is 2.83. The predicted octanol–water partition coefficient (Wildman–Crippen LogP) is 0.286. The highest BCUT2D eigenvalue weighted by atomic mass is 16.2. The summed E-state index contributed by atoms with van der Waals surface area (Å²) in [6.45, 7) is 7.50. The molecule has 138 valence electrons. The van der Waals surface area contributed by atoms with E-state index >= 15 is 0 Å². The van der Waals surface area contributed by atoms with Gasteiger partial charge in [-0.1, -0.05) is 20.3 Å². The second kappa shape index (κ2) is 9.61. The van der Waals surface area contributed by atoms with Gasteiger partial charge in [-0.2, -0.15) is 0 Å². The largest absolute Gasteiger partial charge is 0.354 e. The summed E-state index contributed by atoms with van der Waals surface area (Å²) in [6, 6.07) is -0.519. The lowest BCUT2D eigenvalue weighted by Gasteiger charge is -2.29. The van der Waals surface area contributed by atoms with Crippen LogP contribution in [0, 0.1) is 11.8 Å². The van der Waals surface area contributed by atoms with Crippen LogP contribution in [0.15, 0.2) is 0 Å². The lowest BCUT2D eigenvalue weighted by Crippen LogP contribution is -2.49. The Kier molecular flexibility index (Phi) is 8.18. The van der Waals surface area contributed by atoms with E-state index in [4.69, 9.17) is 5.73 Å². The highest BCUT2D eigenvalue weighted by Crippen LogP contribution is 2.24. The molecule has 3 amide bonds. The van der Waals surface area contributed by atoms with Crippen molar-refractivity contribution in [3.8, 4) is 0 Å². The fourth-order valence-corrected chi connectivity index (χ4v) is 2.83. The maximum atomic E-state index is 12.1. The molecule has 0 aromatic heterocycles. The second-order valence-electron chi connectivity index (χ2n) is 7.28. The Hall–Kier alpha value is -1.63. The number of nitrogens with two attached hydrogens (primary N) is 1. The molecular weight excluding hydrogens is 308 g/mol. The maximum absolute atomic E-state index is 12.1. The van der Waals surface area contributed by atoms with Crippen molar-refractivity contribution in [2.75, 3.05) is 6.54 Å². The lowest BCUT2D eigenvalue weighted by atomic mass is 9.85. The maximum Gasteiger partial charge on any atom is 0.239 e. The van der Waals surface area contributed by atoms with E-state index in [9.17, 15) is 14.4 Å². The lowest BCUT2D eigenvalue weighted by molar-refractivity contribution is -0.129. The highest BCUT2D eigenvalue weighted by molar-refractivity contribution is 5.87. The SMILES string of the molecule is CC(C)NC(=O)C1CCCC(NC(=O)CNC(=O)[C@@H](N)C(C)C)C1. The van der Waals surface area contributed by atoms with Crippen LogP contribution in [0.25, 0.3) is 0 Å². The van der Waals surface area contributed by atoms with E-state index < -0.39 is 6.04 Å². The molecule has 0 heterocycles. The third kappa shape index (κ3) is 6.86. The molecule has 2 unspecified atom stereocenters. The van der Waals surface area contributed by atoms with E-state index in [1.165, 1.54) is 0 Å². The number of carbonyl (C=O) groups is 3. The highest BCUT2D eigenvalue weighted by Gasteiger charge is 2.28. The number of amides is 3. The van der Waals surface area contributed by atoms with Crippen molar-refractivity contribution < 1.29 is 14.4 Å². The summed E-state index contributed by atoms with van der Waals surface area (Å²) in [4.78, 5) is 35.9. The Morgan fingerprint density at radius 1 is 1.12 bits per heavy atom. The normalized spacial score (nSPS) is 22.1. The Balaban J connectivity index is 2.38. The van der Waals surface area contributed by atoms with Gasteiger partial charge >= 0.3 is 0 Å². The Bertz CT molecular complexity index is 451. The topological polar surface area (TPSA) is 113 Å². The first-order valence-electron chi connectivity index (χ1n) is 8.83. The molecular formula is C17H32N4O3. The first-order chi connectivity index (χ1) is 11.2. The third-order valence-electron chi connectivity index (χ3n) is 4.29. The molecule has 5 N–H and O–H groups in total. The first-order valence-corrected chi connectivity index (χ1v) is 8.83. The second-order valence-corrected chi connectivity index (χ2v) is 7.28. The number of hydrogen-bond donors (Lipinski definition) is 4. The zero-order chi connectivity index (χ0) is 18.3. The van der Waals surface area contributed by atoms with Crippen molar-refractivity contribution in [3.05, 3.63) is 0 Å². The van der Waals surface area contributed by atoms with Crippen LogP contribution in [0.4, 0.5) is 0 Å². The summed E-state index contributed by atoms with van der Waals surface area (Å²) in [7, 11) is 0. The van der Waals surface area contributed by atoms with E-state index in [1.807, 2.05) is 27.7 Å². The molecule has 1 rings (SSSR count). The summed E-state index contributed by atoms with van der Waals surface area (Å²) in [5.41, 5.74) is 5.73. The van der Waals surface area contributed by atoms with Crippen LogP contribution in [-0.4, -0.2) is 42.4 Å². The van der Waals surface area contributed by atoms with Gasteiger partial charge in [-0.05, 0) is 39.0 Å². The van der Waals surface area contributed by atoms with Crippen molar-refractivity contribution in [1.29, 1.82) is 0 Å². The molecule has 1 fully saturated rings. The molecule has 1 aliphatic carbocycles. The van der Waals surface area contributed by atoms with Crippen LogP contribution in [0.3, 0.4) is 0 Å². The van der Waals surface area contributed by atoms with Crippen LogP contribution < -0.4 is 21.7 Å². The van der Waals surface area contributed by atoms with Crippen LogP contribution in [0.5, 0.6) is 0 Å². The molecule has 24 heavy (non-hydrogen) atoms. The monoisotopic (exact) mass is 340 g/mol. The van der Waals surface area contributed by atoms with Crippen molar-refractivity contribution >= 4 is 17.7 Å². The molecule has 0 aliphatic heterocycles. The van der Waals surface area contributed by atoms with Crippen LogP contribution in [-0.2, 0) is 14.4 Å². The average Bonchev–Trinajstić information content (AvgIpc) is 2.51. The predicted molar refractivity (Wildman–Crippen MR) is 93.0 cm³/mol. The standard InChI is InChI=1S/C17H32N4O3/c1-10(2)15(18)17(24)19-9-14(22)21-13-7-5-6-12(8-13)16(23)20-11(3)4/h10-13,15H,5-9,18H2,1-4H3,(H,19,24)(H,20,23)(H,21,22)/t12?,13?,15-/m0/s1. The number of hydrogen-bond acceptors (Lipinski definition) is 4. The van der Waals surface area contributed by atoms with Gasteiger partial charge in [0.15, 0.2) is 0 Å². The van der Waals surface area contributed by atoms with Crippen molar-refractivity contribution in [3.63, 3.8) is 0 Å². The van der Waals surface area contributed by atoms with Gasteiger partial charge in [0.2, 0.25) is 17.7 Å². The molecule has 0 aromatic rings. The molecule has 1 aliphatic rings. The molecule has 0 bridgehead atoms. The zero-order valence-electron chi connectivity index (χ0n) is 15.2. The van der Waals surface area contributed by atoms with Gasteiger partial charge in [0.1, 0.15) is 0 Å². The van der Waals surface area contributed by atoms with Crippen LogP contribution >= 0.6 is 0 Å². The van der Waals surface area contributed by atoms with E-state index in [0.29, 0.717) is 6.42 Å². The minimum absolute atomic E-state index is 0.0200. The summed E-state index contributed by atoms with van der Waals surface area (Å²) in [6.07, 6.45) is 3.26. The molecule has 1 saturated carbocycles. The Labute approximate surface area is 144 Å². The van der Waals surface area contributed by atoms with Gasteiger partial charge in [-0.15, -0.1) is 0 Å². The van der Waals surface area contributed by atoms with Gasteiger partial charge in [-0.25, -0.2) is 0 Å². The Morgan fingerprint density at radius 3 is 2.38 bits per heavy atom. The van der Waals surface area contributed by atoms with E-state index in [0.717, 1.165) is 19.3 Å². The smallest absolute Gasteiger partial charge is 0.239 e. The third-order valence-corrected chi connectivity index (χ3v) is 4.29. The summed E-state index contributed by atoms with van der Waals surface area (Å²) < 4.78 is 0. The molecule has 0 radical (unpaired) electrons. The molecule has 7 nitrogen and oxygen atoms in total. The van der Waals surface area contributed by atoms with Gasteiger partial charge in [-0.3, -0.25) is 14.4 Å². The number of rotatable bonds is 7. The molecule has 7 heteroatoms. The van der Waals surface area contributed by atoms with Crippen LogP contribution in [0.1, 0.15) is 53.4 Å². The van der Waals surface area contributed by atoms with E-state index in [2.05, 4.69) is 16.0 Å². The van der Waals surface area contributed by atoms with Crippen molar-refractivity contribution in [2.45, 2.75) is 71.5 Å². The summed E-state index contributed by atoms with van der Waals surface area (Å²) in [5, 5.41) is 8.39. The fraction of sp³-hybridized carbons (Fsp3) is 0.824. The zero-order valence-corrected chi connectivity index (χ0v) is 15.2. The van der Waals surface area contributed by atoms with Gasteiger partial charge in [0.25, 0.3) is 0 Å². The Morgan fingerprint density at radius 2 is 1.79 bits per heavy atom. The first kappa shape index (κ1) is 20.4. The molecule has 0 spiro atoms. The van der Waals surface area contributed by atoms with E-state index in [-0.39, 0.29) is 48.2 Å². The van der Waals surface area contributed by atoms with Crippen molar-refractivity contribution in [2.24, 2.45) is 17.6 Å². The molecule has 3 atom stereocenters. The van der Waals surface area contributed by atoms with Crippen molar-refractivity contribution in [1.82, 2.24) is 16.0 Å². The van der Waals surface area contributed by atoms with Gasteiger partial charge in [0.05, 0.1) is 12.6 Å².